The van der Waals surface area contributed by atoms with Crippen molar-refractivity contribution in [1.29, 1.82) is 0 Å². The molecule has 0 aliphatic rings. The molecule has 0 radical (unpaired) electrons. The molecule has 53 nitrogen and oxygen atoms in total. The zero-order chi connectivity index (χ0) is 106. The monoisotopic (exact) mass is 2090 g/mol. The van der Waals surface area contributed by atoms with Crippen molar-refractivity contribution in [2.45, 2.75) is 163 Å². The number of ether oxygens (including phenoxy) is 11. The molecule has 0 saturated heterocycles. The summed E-state index contributed by atoms with van der Waals surface area (Å²) in [6.45, 7) is 39.0. The highest BCUT2D eigenvalue weighted by atomic mass is 32.2. The van der Waals surface area contributed by atoms with Gasteiger partial charge in [0.25, 0.3) is 10.1 Å². The molecule has 1 amide bonds. The van der Waals surface area contributed by atoms with E-state index in [0.717, 1.165) is 30.7 Å². The molecule has 0 rings (SSSR count). The zero-order valence-electron chi connectivity index (χ0n) is 75.7. The number of phosphoric acid groups is 4. The van der Waals surface area contributed by atoms with Gasteiger partial charge < -0.3 is 107 Å². The molecule has 0 heterocycles. The lowest BCUT2D eigenvalue weighted by atomic mass is 10.1. The number of hydrogen-bond acceptors (Lipinski definition) is 39. The fourth-order valence-corrected chi connectivity index (χ4v) is 9.57. The van der Waals surface area contributed by atoms with Crippen LogP contribution < -0.4 is 5.32 Å². The van der Waals surface area contributed by atoms with Crippen LogP contribution in [0.25, 0.3) is 0 Å². The van der Waals surface area contributed by atoms with Crippen molar-refractivity contribution in [3.05, 3.63) is 111 Å². The van der Waals surface area contributed by atoms with Gasteiger partial charge in [0.05, 0.1) is 50.7 Å². The Morgan fingerprint density at radius 3 is 0.800 bits per heavy atom. The number of esters is 11. The van der Waals surface area contributed by atoms with E-state index in [4.69, 9.17) is 96.9 Å². The highest BCUT2D eigenvalue weighted by Crippen LogP contribution is 2.37. The summed E-state index contributed by atoms with van der Waals surface area (Å²) in [6.07, 6.45) is 12.2. The van der Waals surface area contributed by atoms with E-state index in [9.17, 15) is 103 Å². The smallest absolute Gasteiger partial charge is 0.481 e. The third kappa shape index (κ3) is 135. The molecule has 0 spiro atoms. The van der Waals surface area contributed by atoms with E-state index in [1.54, 1.807) is 0 Å². The van der Waals surface area contributed by atoms with E-state index < -0.39 is 141 Å². The Labute approximate surface area is 781 Å². The minimum absolute atomic E-state index is 0.00875. The summed E-state index contributed by atoms with van der Waals surface area (Å²) >= 11 is 0. The second-order valence-corrected chi connectivity index (χ2v) is 33.8. The van der Waals surface area contributed by atoms with Crippen LogP contribution in [0.4, 0.5) is 0 Å². The normalized spacial score (nSPS) is 10.7. The van der Waals surface area contributed by atoms with Crippen LogP contribution in [0.3, 0.4) is 0 Å². The molecule has 0 bridgehead atoms. The molecule has 0 aromatic rings. The number of nitrogens with one attached hydrogen (secondary N) is 1. The van der Waals surface area contributed by atoms with Gasteiger partial charge in [-0.2, -0.15) is 8.42 Å². The largest absolute Gasteiger partial charge is 0.694 e. The predicted octanol–water partition coefficient (Wildman–Crippen LogP) is 6.83. The maximum Gasteiger partial charge on any atom is 0.694 e. The number of phosphoric ester groups is 4. The average Bonchev–Trinajstić information content (AvgIpc) is 0.873. The van der Waals surface area contributed by atoms with E-state index in [2.05, 4.69) is 111 Å². The first-order valence-corrected chi connectivity index (χ1v) is 48.9. The molecule has 0 aromatic carbocycles. The van der Waals surface area contributed by atoms with Gasteiger partial charge in [-0.05, 0) is 112 Å². The van der Waals surface area contributed by atoms with Crippen LogP contribution >= 0.6 is 47.8 Å². The first-order valence-electron chi connectivity index (χ1n) is 38.9. The van der Waals surface area contributed by atoms with E-state index in [1.807, 2.05) is 0 Å². The van der Waals surface area contributed by atoms with E-state index in [0.29, 0.717) is 88.4 Å². The molecule has 778 valence electrons. The summed E-state index contributed by atoms with van der Waals surface area (Å²) in [5, 5.41) is 18.7. The lowest BCUT2D eigenvalue weighted by Crippen LogP contribution is -2.47. The Morgan fingerprint density at radius 1 is 0.326 bits per heavy atom. The van der Waals surface area contributed by atoms with E-state index >= 15 is 0 Å². The average molecular weight is 2090 g/mol. The second-order valence-electron chi connectivity index (χ2n) is 25.9. The van der Waals surface area contributed by atoms with Crippen LogP contribution in [0.15, 0.2) is 111 Å². The summed E-state index contributed by atoms with van der Waals surface area (Å²) < 4.78 is 167. The number of aliphatic carboxylic acids is 2. The standard InChI is InChI=1S/C12H21O8P.2C12H19O7P.C9H14O4.C7H13NO4S.2C6H11O6P.C6H8O4.C5H9O6P/c1-10(2)12(14)19-9-8-18-11(13)6-4-3-5-7-20-21(15,16)17;2*1-10(2)12(14)18-9-8-17-11(13)6-4-3-5-7-19-20(15)16;1-2-9(12)13-7-5-3-4-6-8(10)11;1-4-6(9)8-7(2,3)5-13(10,11)12;2*1-5(2)6(7)11-3-4-12-13(8,9)10;1-2-6(9)10-4-3-5(7)8;1-2-5(6)10-3-4-11-12(7,8)9/h1,3-9H2,2H3,(H2,15,16,17);2*1,3-9H2,2H3;2H,1,3-7H2,(H,10,11);4H,1,5H2,2-3H3,(H,8,9)(H,10,11,12);2*1,3-4H2,2H3,(H2,8,9,10);2H,1,3-4H2,(H,7,8);2H,1,3-4H2,(H2,7,8,9)/p+2. The minimum atomic E-state index is -4.46. The molecule has 0 saturated carbocycles. The molecule has 0 aromatic heterocycles. The van der Waals surface area contributed by atoms with Crippen molar-refractivity contribution in [2.24, 2.45) is 0 Å². The van der Waals surface area contributed by atoms with Gasteiger partial charge in [-0.3, -0.25) is 51.4 Å². The maximum atomic E-state index is 11.3. The highest BCUT2D eigenvalue weighted by molar-refractivity contribution is 7.85. The number of carboxylic acid groups (broad SMARTS) is 2. The van der Waals surface area contributed by atoms with Crippen molar-refractivity contribution >= 4 is 141 Å². The Morgan fingerprint density at radius 2 is 0.556 bits per heavy atom. The summed E-state index contributed by atoms with van der Waals surface area (Å²) in [5.74, 6) is -8.42. The number of carboxylic acids is 2. The van der Waals surface area contributed by atoms with Crippen LogP contribution in [0.1, 0.15) is 158 Å². The van der Waals surface area contributed by atoms with Gasteiger partial charge in [0.15, 0.2) is 0 Å². The Kier molecular flexibility index (Phi) is 94.1. The summed E-state index contributed by atoms with van der Waals surface area (Å²) in [7, 11) is -27.0. The SMILES string of the molecule is C=C(C)C(=O)OCCOC(=O)CCCCCOP(=O)(O)O.C=C(C)C(=O)OCCOC(=O)CCCCCO[P+](=O)O.C=C(C)C(=O)OCCOC(=O)CCCCCO[P+](=O)O.C=C(C)C(=O)OCCOP(=O)(O)O.C=C(C)C(=O)OCCOP(=O)(O)O.C=CC(=O)NC(C)(C)CS(=O)(=O)O.C=CC(=O)OCCC(=O)O.C=CC(=O)OCCCCCC(=O)O.C=CC(=O)OCCOP(=O)(O)O. The van der Waals surface area contributed by atoms with Gasteiger partial charge in [-0.1, -0.05) is 78.5 Å². The molecule has 0 aliphatic carbocycles. The van der Waals surface area contributed by atoms with Crippen LogP contribution in [-0.4, -0.2) is 279 Å². The highest BCUT2D eigenvalue weighted by Gasteiger charge is 2.26. The topological polar surface area (TPSA) is 807 Å². The van der Waals surface area contributed by atoms with Crippen molar-refractivity contribution in [1.82, 2.24) is 5.32 Å². The van der Waals surface area contributed by atoms with Gasteiger partial charge >= 0.3 is 125 Å². The quantitative estimate of drug-likeness (QED) is 0.00740. The fourth-order valence-electron chi connectivity index (χ4n) is 6.72. The first kappa shape index (κ1) is 143. The number of hydrogen-bond donors (Lipinski definition) is 14. The lowest BCUT2D eigenvalue weighted by molar-refractivity contribution is -0.150. The van der Waals surface area contributed by atoms with Gasteiger partial charge in [-0.25, -0.2) is 56.6 Å². The Hall–Kier alpha value is -9.37. The summed E-state index contributed by atoms with van der Waals surface area (Å²) in [6, 6.07) is 0. The third-order valence-electron chi connectivity index (χ3n) is 12.5. The fraction of sp³-hybridized carbons (Fsp3) is 0.573. The molecule has 14 N–H and O–H groups in total. The van der Waals surface area contributed by atoms with Gasteiger partial charge in [-0.15, -0.1) is 18.8 Å². The maximum absolute atomic E-state index is 11.3. The summed E-state index contributed by atoms with van der Waals surface area (Å²) in [4.78, 5) is 233. The van der Waals surface area contributed by atoms with Crippen molar-refractivity contribution < 1.29 is 246 Å². The van der Waals surface area contributed by atoms with E-state index in [-0.39, 0.29) is 166 Å². The summed E-state index contributed by atoms with van der Waals surface area (Å²) in [5.41, 5.74) is 0.302. The second kappa shape index (κ2) is 88.6. The Bertz CT molecular complexity index is 3910. The van der Waals surface area contributed by atoms with Crippen LogP contribution in [-0.2, 0) is 184 Å². The number of rotatable bonds is 63. The number of amides is 1. The van der Waals surface area contributed by atoms with Crippen LogP contribution in [0.5, 0.6) is 0 Å². The molecule has 2 atom stereocenters. The van der Waals surface area contributed by atoms with Crippen LogP contribution in [0, 0.1) is 0 Å². The molecule has 60 heteroatoms. The van der Waals surface area contributed by atoms with Crippen molar-refractivity contribution in [3.63, 3.8) is 0 Å². The first-order chi connectivity index (χ1) is 62.2. The molecular weight excluding hydrogens is 1960 g/mol. The lowest BCUT2D eigenvalue weighted by Gasteiger charge is -2.23. The third-order valence-corrected chi connectivity index (χ3v) is 16.5. The van der Waals surface area contributed by atoms with E-state index in [1.165, 1.54) is 48.5 Å². The molecule has 0 fully saturated rings. The number of carbonyl (C=O) groups excluding carboxylic acids is 12. The van der Waals surface area contributed by atoms with Gasteiger partial charge in [0.2, 0.25) is 5.91 Å². The van der Waals surface area contributed by atoms with Crippen molar-refractivity contribution in [3.8, 4) is 0 Å². The number of carbonyl (C=O) groups is 14. The Balaban J connectivity index is -0.000000191. The van der Waals surface area contributed by atoms with Crippen molar-refractivity contribution in [2.75, 3.05) is 118 Å². The molecular formula is C75H127NO52P6S+2. The number of unbranched alkanes of at least 4 members (excludes halogenated alkanes) is 8. The predicted molar refractivity (Wildman–Crippen MR) is 471 cm³/mol. The molecule has 135 heavy (non-hydrogen) atoms. The molecule has 2 unspecified atom stereocenters. The zero-order valence-corrected chi connectivity index (χ0v) is 81.9. The minimum Gasteiger partial charge on any atom is -0.481 e. The van der Waals surface area contributed by atoms with Crippen LogP contribution in [0.2, 0.25) is 0 Å². The van der Waals surface area contributed by atoms with Gasteiger partial charge in [0.1, 0.15) is 79.3 Å². The molecule has 0 aliphatic heterocycles. The van der Waals surface area contributed by atoms with Gasteiger partial charge in [0, 0.05) is 80.9 Å².